The minimum Gasteiger partial charge on any atom is -0.379 e. The molecule has 164 valence electrons. The van der Waals surface area contributed by atoms with E-state index < -0.39 is 10.0 Å². The quantitative estimate of drug-likeness (QED) is 0.668. The zero-order valence-corrected chi connectivity index (χ0v) is 19.2. The Morgan fingerprint density at radius 2 is 1.90 bits per heavy atom. The van der Waals surface area contributed by atoms with Crippen molar-refractivity contribution in [3.8, 4) is 0 Å². The Balaban J connectivity index is 1.31. The third-order valence-electron chi connectivity index (χ3n) is 5.17. The van der Waals surface area contributed by atoms with Gasteiger partial charge in [-0.05, 0) is 25.0 Å². The van der Waals surface area contributed by atoms with E-state index in [9.17, 15) is 13.2 Å². The fraction of sp³-hybridized carbons (Fsp3) is 0.579. The molecule has 0 spiro atoms. The second kappa shape index (κ2) is 9.84. The van der Waals surface area contributed by atoms with E-state index in [0.717, 1.165) is 62.7 Å². The zero-order chi connectivity index (χ0) is 21.0. The Bertz CT molecular complexity index is 960. The van der Waals surface area contributed by atoms with Crippen molar-refractivity contribution in [2.75, 3.05) is 44.7 Å². The van der Waals surface area contributed by atoms with Crippen LogP contribution in [0.2, 0.25) is 0 Å². The molecule has 0 saturated carbocycles. The molecule has 0 atom stereocenters. The summed E-state index contributed by atoms with van der Waals surface area (Å²) >= 11 is 2.58. The average molecular weight is 471 g/mol. The standard InChI is InChI=1S/C19H26N4O4S3/c24-17(21-19-20-15(14-28-19)13-22-8-10-27-11-9-22)12-16-4-5-18(29-16)30(25,26)23-6-2-1-3-7-23/h4-5,14H,1-3,6-13H2,(H,20,21,24). The fourth-order valence-electron chi connectivity index (χ4n) is 3.57. The number of sulfonamides is 1. The minimum atomic E-state index is -3.45. The van der Waals surface area contributed by atoms with Gasteiger partial charge in [0.05, 0.1) is 25.3 Å². The third kappa shape index (κ3) is 5.45. The van der Waals surface area contributed by atoms with E-state index in [1.54, 1.807) is 16.4 Å². The van der Waals surface area contributed by atoms with Gasteiger partial charge in [0.2, 0.25) is 5.91 Å². The molecule has 0 bridgehead atoms. The van der Waals surface area contributed by atoms with Crippen LogP contribution in [0.3, 0.4) is 0 Å². The first kappa shape index (κ1) is 21.8. The second-order valence-corrected chi connectivity index (χ2v) is 11.6. The summed E-state index contributed by atoms with van der Waals surface area (Å²) in [5.74, 6) is -0.189. The summed E-state index contributed by atoms with van der Waals surface area (Å²) in [7, 11) is -3.45. The van der Waals surface area contributed by atoms with Gasteiger partial charge in [-0.3, -0.25) is 9.69 Å². The molecule has 2 aliphatic rings. The van der Waals surface area contributed by atoms with Crippen LogP contribution in [0, 0.1) is 0 Å². The summed E-state index contributed by atoms with van der Waals surface area (Å²) < 4.78 is 32.7. The molecule has 0 unspecified atom stereocenters. The van der Waals surface area contributed by atoms with Crippen molar-refractivity contribution in [3.63, 3.8) is 0 Å². The van der Waals surface area contributed by atoms with Gasteiger partial charge in [-0.1, -0.05) is 6.42 Å². The highest BCUT2D eigenvalue weighted by Gasteiger charge is 2.27. The number of ether oxygens (including phenoxy) is 1. The predicted octanol–water partition coefficient (Wildman–Crippen LogP) is 2.39. The van der Waals surface area contributed by atoms with Crippen molar-refractivity contribution in [2.45, 2.75) is 36.4 Å². The van der Waals surface area contributed by atoms with E-state index in [2.05, 4.69) is 15.2 Å². The van der Waals surface area contributed by atoms with Crippen molar-refractivity contribution in [1.29, 1.82) is 0 Å². The smallest absolute Gasteiger partial charge is 0.252 e. The van der Waals surface area contributed by atoms with Crippen LogP contribution in [0.1, 0.15) is 29.8 Å². The van der Waals surface area contributed by atoms with Gasteiger partial charge in [0.15, 0.2) is 5.13 Å². The first-order valence-corrected chi connectivity index (χ1v) is 13.3. The highest BCUT2D eigenvalue weighted by molar-refractivity contribution is 7.91. The van der Waals surface area contributed by atoms with Crippen LogP contribution in [0.25, 0.3) is 0 Å². The molecule has 30 heavy (non-hydrogen) atoms. The number of piperidine rings is 1. The Morgan fingerprint density at radius 1 is 1.13 bits per heavy atom. The monoisotopic (exact) mass is 470 g/mol. The number of carbonyl (C=O) groups excluding carboxylic acids is 1. The number of anilines is 1. The molecule has 0 aliphatic carbocycles. The highest BCUT2D eigenvalue weighted by Crippen LogP contribution is 2.27. The van der Waals surface area contributed by atoms with E-state index >= 15 is 0 Å². The second-order valence-electron chi connectivity index (χ2n) is 7.44. The lowest BCUT2D eigenvalue weighted by molar-refractivity contribution is -0.115. The summed E-state index contributed by atoms with van der Waals surface area (Å²) in [6.07, 6.45) is 3.02. The maximum absolute atomic E-state index is 12.8. The maximum Gasteiger partial charge on any atom is 0.252 e. The molecule has 2 fully saturated rings. The van der Waals surface area contributed by atoms with E-state index in [1.807, 2.05) is 5.38 Å². The van der Waals surface area contributed by atoms with Crippen molar-refractivity contribution in [1.82, 2.24) is 14.2 Å². The summed E-state index contributed by atoms with van der Waals surface area (Å²) in [6.45, 7) is 5.16. The number of thiazole rings is 1. The molecule has 0 radical (unpaired) electrons. The van der Waals surface area contributed by atoms with Crippen LogP contribution in [0.15, 0.2) is 21.7 Å². The van der Waals surface area contributed by atoms with Crippen molar-refractivity contribution in [3.05, 3.63) is 28.1 Å². The van der Waals surface area contributed by atoms with Crippen LogP contribution in [-0.4, -0.2) is 67.9 Å². The van der Waals surface area contributed by atoms with Crippen molar-refractivity contribution < 1.29 is 17.9 Å². The number of hydrogen-bond acceptors (Lipinski definition) is 8. The molecule has 1 amide bonds. The van der Waals surface area contributed by atoms with Crippen molar-refractivity contribution in [2.24, 2.45) is 0 Å². The Kier molecular flexibility index (Phi) is 7.16. The van der Waals surface area contributed by atoms with Crippen LogP contribution >= 0.6 is 22.7 Å². The number of aromatic nitrogens is 1. The molecule has 4 heterocycles. The van der Waals surface area contributed by atoms with Gasteiger partial charge in [-0.25, -0.2) is 13.4 Å². The number of nitrogens with one attached hydrogen (secondary N) is 1. The number of thiophene rings is 1. The molecular formula is C19H26N4O4S3. The third-order valence-corrected chi connectivity index (χ3v) is 9.43. The van der Waals surface area contributed by atoms with Gasteiger partial charge in [0.1, 0.15) is 4.21 Å². The summed E-state index contributed by atoms with van der Waals surface area (Å²) in [4.78, 5) is 19.9. The van der Waals surface area contributed by atoms with Gasteiger partial charge in [-0.15, -0.1) is 22.7 Å². The fourth-order valence-corrected chi connectivity index (χ4v) is 7.31. The molecule has 2 aliphatic heterocycles. The lowest BCUT2D eigenvalue weighted by Crippen LogP contribution is -2.35. The van der Waals surface area contributed by atoms with E-state index in [1.165, 1.54) is 22.7 Å². The molecule has 0 aromatic carbocycles. The predicted molar refractivity (Wildman–Crippen MR) is 117 cm³/mol. The Labute approximate surface area is 184 Å². The van der Waals surface area contributed by atoms with Crippen molar-refractivity contribution >= 4 is 43.7 Å². The van der Waals surface area contributed by atoms with Gasteiger partial charge < -0.3 is 10.1 Å². The average Bonchev–Trinajstić information content (AvgIpc) is 3.39. The maximum atomic E-state index is 12.8. The first-order chi connectivity index (χ1) is 14.5. The van der Waals surface area contributed by atoms with E-state index in [-0.39, 0.29) is 12.3 Å². The number of morpholine rings is 1. The number of amides is 1. The van der Waals surface area contributed by atoms with Crippen LogP contribution in [-0.2, 0) is 32.5 Å². The zero-order valence-electron chi connectivity index (χ0n) is 16.7. The SMILES string of the molecule is O=C(Cc1ccc(S(=O)(=O)N2CCCCC2)s1)Nc1nc(CN2CCOCC2)cs1. The number of nitrogens with zero attached hydrogens (tertiary/aromatic N) is 3. The lowest BCUT2D eigenvalue weighted by atomic mass is 10.2. The molecule has 11 heteroatoms. The van der Waals surface area contributed by atoms with E-state index in [4.69, 9.17) is 4.74 Å². The molecule has 2 aromatic heterocycles. The normalized spacial score (nSPS) is 19.1. The first-order valence-electron chi connectivity index (χ1n) is 10.1. The number of rotatable bonds is 7. The summed E-state index contributed by atoms with van der Waals surface area (Å²) in [5, 5.41) is 5.36. The highest BCUT2D eigenvalue weighted by atomic mass is 32.2. The molecular weight excluding hydrogens is 444 g/mol. The van der Waals surface area contributed by atoms with Crippen LogP contribution in [0.5, 0.6) is 0 Å². The molecule has 8 nitrogen and oxygen atoms in total. The topological polar surface area (TPSA) is 91.8 Å². The van der Waals surface area contributed by atoms with Crippen LogP contribution < -0.4 is 5.32 Å². The molecule has 1 N–H and O–H groups in total. The van der Waals surface area contributed by atoms with Crippen LogP contribution in [0.4, 0.5) is 5.13 Å². The Morgan fingerprint density at radius 3 is 2.67 bits per heavy atom. The van der Waals surface area contributed by atoms with Gasteiger partial charge in [-0.2, -0.15) is 4.31 Å². The summed E-state index contributed by atoms with van der Waals surface area (Å²) in [5.41, 5.74) is 0.934. The largest absolute Gasteiger partial charge is 0.379 e. The lowest BCUT2D eigenvalue weighted by Gasteiger charge is -2.25. The molecule has 4 rings (SSSR count). The number of carbonyl (C=O) groups is 1. The van der Waals surface area contributed by atoms with Gasteiger partial charge in [0.25, 0.3) is 10.0 Å². The van der Waals surface area contributed by atoms with Gasteiger partial charge in [0, 0.05) is 43.0 Å². The Hall–Kier alpha value is -1.37. The minimum absolute atomic E-state index is 0.137. The summed E-state index contributed by atoms with van der Waals surface area (Å²) in [6, 6.07) is 3.34. The molecule has 2 saturated heterocycles. The molecule has 2 aromatic rings. The number of hydrogen-bond donors (Lipinski definition) is 1. The van der Waals surface area contributed by atoms with Gasteiger partial charge >= 0.3 is 0 Å². The van der Waals surface area contributed by atoms with E-state index in [0.29, 0.717) is 22.4 Å².